The molecule has 100 valence electrons. The first-order valence-corrected chi connectivity index (χ1v) is 5.95. The van der Waals surface area contributed by atoms with Crippen LogP contribution in [0.3, 0.4) is 0 Å². The number of anilines is 1. The van der Waals surface area contributed by atoms with E-state index in [1.165, 1.54) is 6.07 Å². The first-order chi connectivity index (χ1) is 8.99. The van der Waals surface area contributed by atoms with Crippen molar-refractivity contribution >= 4 is 11.4 Å². The maximum absolute atomic E-state index is 11.0. The third-order valence-corrected chi connectivity index (χ3v) is 3.15. The van der Waals surface area contributed by atoms with E-state index >= 15 is 0 Å². The molecule has 1 N–H and O–H groups in total. The van der Waals surface area contributed by atoms with E-state index in [0.29, 0.717) is 12.2 Å². The summed E-state index contributed by atoms with van der Waals surface area (Å²) in [5.41, 5.74) is 3.68. The summed E-state index contributed by atoms with van der Waals surface area (Å²) >= 11 is 0. The second-order valence-corrected chi connectivity index (χ2v) is 4.51. The fourth-order valence-corrected chi connectivity index (χ4v) is 1.86. The maximum atomic E-state index is 11.0. The van der Waals surface area contributed by atoms with Crippen molar-refractivity contribution < 1.29 is 4.92 Å². The molecule has 0 radical (unpaired) electrons. The summed E-state index contributed by atoms with van der Waals surface area (Å²) in [7, 11) is 1.87. The average Bonchev–Trinajstić information content (AvgIpc) is 2.67. The lowest BCUT2D eigenvalue weighted by Crippen LogP contribution is -2.04. The van der Waals surface area contributed by atoms with Gasteiger partial charge in [-0.25, -0.2) is 0 Å². The molecular formula is C13H16N4O2. The third-order valence-electron chi connectivity index (χ3n) is 3.15. The fourth-order valence-electron chi connectivity index (χ4n) is 1.86. The highest BCUT2D eigenvalue weighted by Crippen LogP contribution is 2.25. The number of aryl methyl sites for hydroxylation is 2. The maximum Gasteiger partial charge on any atom is 0.292 e. The van der Waals surface area contributed by atoms with Crippen LogP contribution in [0.15, 0.2) is 24.4 Å². The molecule has 0 aliphatic rings. The van der Waals surface area contributed by atoms with Crippen molar-refractivity contribution in [3.05, 3.63) is 51.3 Å². The minimum atomic E-state index is -0.377. The smallest absolute Gasteiger partial charge is 0.292 e. The van der Waals surface area contributed by atoms with Crippen molar-refractivity contribution in [2.45, 2.75) is 20.4 Å². The molecule has 1 aromatic heterocycles. The molecule has 2 aromatic rings. The van der Waals surface area contributed by atoms with E-state index in [1.54, 1.807) is 23.0 Å². The second-order valence-electron chi connectivity index (χ2n) is 4.51. The molecule has 0 aliphatic carbocycles. The van der Waals surface area contributed by atoms with E-state index in [4.69, 9.17) is 0 Å². The quantitative estimate of drug-likeness (QED) is 0.677. The number of aromatic nitrogens is 2. The van der Waals surface area contributed by atoms with Crippen LogP contribution in [0.4, 0.5) is 11.4 Å². The van der Waals surface area contributed by atoms with Gasteiger partial charge in [-0.1, -0.05) is 6.07 Å². The van der Waals surface area contributed by atoms with Crippen molar-refractivity contribution in [3.8, 4) is 0 Å². The molecule has 19 heavy (non-hydrogen) atoms. The van der Waals surface area contributed by atoms with E-state index in [2.05, 4.69) is 10.4 Å². The molecule has 0 saturated carbocycles. The molecule has 0 fully saturated rings. The van der Waals surface area contributed by atoms with Gasteiger partial charge in [-0.2, -0.15) is 5.10 Å². The Bertz CT molecular complexity index is 619. The predicted octanol–water partition coefficient (Wildman–Crippen LogP) is 2.56. The molecular weight excluding hydrogens is 244 g/mol. The Hall–Kier alpha value is -2.37. The Morgan fingerprint density at radius 1 is 1.42 bits per heavy atom. The Labute approximate surface area is 111 Å². The standard InChI is InChI=1S/C13H16N4O2/c1-9-4-5-13(17(18)19)12(6-9)14-7-11-8-15-16(3)10(11)2/h4-6,8,14H,7H2,1-3H3. The molecule has 0 aliphatic heterocycles. The number of hydrogen-bond donors (Lipinski definition) is 1. The highest BCUT2D eigenvalue weighted by molar-refractivity contribution is 5.62. The van der Waals surface area contributed by atoms with Gasteiger partial charge in [0.15, 0.2) is 0 Å². The van der Waals surface area contributed by atoms with Gasteiger partial charge >= 0.3 is 0 Å². The summed E-state index contributed by atoms with van der Waals surface area (Å²) < 4.78 is 1.78. The molecule has 1 aromatic carbocycles. The van der Waals surface area contributed by atoms with Crippen LogP contribution in [0.1, 0.15) is 16.8 Å². The molecule has 0 bridgehead atoms. The third kappa shape index (κ3) is 2.73. The zero-order valence-electron chi connectivity index (χ0n) is 11.2. The Morgan fingerprint density at radius 2 is 2.16 bits per heavy atom. The van der Waals surface area contributed by atoms with Gasteiger partial charge in [0.2, 0.25) is 0 Å². The van der Waals surface area contributed by atoms with Crippen LogP contribution >= 0.6 is 0 Å². The van der Waals surface area contributed by atoms with E-state index in [0.717, 1.165) is 16.8 Å². The molecule has 0 atom stereocenters. The molecule has 0 unspecified atom stereocenters. The van der Waals surface area contributed by atoms with Gasteiger partial charge in [-0.3, -0.25) is 14.8 Å². The molecule has 6 heteroatoms. The van der Waals surface area contributed by atoms with Gasteiger partial charge < -0.3 is 5.32 Å². The molecule has 2 rings (SSSR count). The molecule has 0 saturated heterocycles. The zero-order valence-corrected chi connectivity index (χ0v) is 11.2. The Kier molecular flexibility index (Phi) is 3.50. The lowest BCUT2D eigenvalue weighted by Gasteiger charge is -2.07. The fraction of sp³-hybridized carbons (Fsp3) is 0.308. The molecule has 1 heterocycles. The monoisotopic (exact) mass is 260 g/mol. The summed E-state index contributed by atoms with van der Waals surface area (Å²) in [6.45, 7) is 4.39. The number of rotatable bonds is 4. The van der Waals surface area contributed by atoms with Crippen molar-refractivity contribution in [2.24, 2.45) is 7.05 Å². The van der Waals surface area contributed by atoms with Crippen LogP contribution in [-0.2, 0) is 13.6 Å². The summed E-state index contributed by atoms with van der Waals surface area (Å²) in [5.74, 6) is 0. The van der Waals surface area contributed by atoms with Gasteiger partial charge in [0.05, 0.1) is 11.1 Å². The van der Waals surface area contributed by atoms with E-state index in [-0.39, 0.29) is 10.6 Å². The van der Waals surface area contributed by atoms with Gasteiger partial charge in [-0.15, -0.1) is 0 Å². The van der Waals surface area contributed by atoms with E-state index in [9.17, 15) is 10.1 Å². The van der Waals surface area contributed by atoms with Crippen LogP contribution < -0.4 is 5.32 Å². The van der Waals surface area contributed by atoms with Gasteiger partial charge in [0.1, 0.15) is 5.69 Å². The van der Waals surface area contributed by atoms with Crippen LogP contribution in [0.5, 0.6) is 0 Å². The summed E-state index contributed by atoms with van der Waals surface area (Å²) in [4.78, 5) is 10.6. The molecule has 0 spiro atoms. The van der Waals surface area contributed by atoms with Gasteiger partial charge in [0.25, 0.3) is 5.69 Å². The first kappa shape index (κ1) is 13.1. The molecule has 0 amide bonds. The number of nitrogens with one attached hydrogen (secondary N) is 1. The highest BCUT2D eigenvalue weighted by Gasteiger charge is 2.13. The first-order valence-electron chi connectivity index (χ1n) is 5.95. The highest BCUT2D eigenvalue weighted by atomic mass is 16.6. The van der Waals surface area contributed by atoms with E-state index in [1.807, 2.05) is 20.9 Å². The number of benzene rings is 1. The van der Waals surface area contributed by atoms with Crippen molar-refractivity contribution in [1.82, 2.24) is 9.78 Å². The molecule has 6 nitrogen and oxygen atoms in total. The van der Waals surface area contributed by atoms with Crippen LogP contribution in [0.2, 0.25) is 0 Å². The topological polar surface area (TPSA) is 73.0 Å². The number of nitrogens with zero attached hydrogens (tertiary/aromatic N) is 3. The predicted molar refractivity (Wildman–Crippen MR) is 73.1 cm³/mol. The lowest BCUT2D eigenvalue weighted by atomic mass is 10.2. The van der Waals surface area contributed by atoms with Crippen LogP contribution in [-0.4, -0.2) is 14.7 Å². The number of nitro benzene ring substituents is 1. The Balaban J connectivity index is 2.21. The minimum Gasteiger partial charge on any atom is -0.375 e. The summed E-state index contributed by atoms with van der Waals surface area (Å²) in [6.07, 6.45) is 1.77. The normalized spacial score (nSPS) is 10.5. The van der Waals surface area contributed by atoms with E-state index < -0.39 is 0 Å². The van der Waals surface area contributed by atoms with Gasteiger partial charge in [0, 0.05) is 30.9 Å². The second kappa shape index (κ2) is 5.09. The largest absolute Gasteiger partial charge is 0.375 e. The number of nitro groups is 1. The SMILES string of the molecule is Cc1ccc([N+](=O)[O-])c(NCc2cnn(C)c2C)c1. The van der Waals surface area contributed by atoms with Gasteiger partial charge in [-0.05, 0) is 25.5 Å². The van der Waals surface area contributed by atoms with Crippen molar-refractivity contribution in [1.29, 1.82) is 0 Å². The Morgan fingerprint density at radius 3 is 2.74 bits per heavy atom. The summed E-state index contributed by atoms with van der Waals surface area (Å²) in [6, 6.07) is 5.04. The minimum absolute atomic E-state index is 0.0899. The number of hydrogen-bond acceptors (Lipinski definition) is 4. The van der Waals surface area contributed by atoms with Crippen LogP contribution in [0, 0.1) is 24.0 Å². The average molecular weight is 260 g/mol. The van der Waals surface area contributed by atoms with Crippen molar-refractivity contribution in [3.63, 3.8) is 0 Å². The zero-order chi connectivity index (χ0) is 14.0. The van der Waals surface area contributed by atoms with Crippen molar-refractivity contribution in [2.75, 3.05) is 5.32 Å². The van der Waals surface area contributed by atoms with Crippen LogP contribution in [0.25, 0.3) is 0 Å². The summed E-state index contributed by atoms with van der Waals surface area (Å²) in [5, 5.41) is 18.2. The lowest BCUT2D eigenvalue weighted by molar-refractivity contribution is -0.384.